The molecule has 0 amide bonds. The van der Waals surface area contributed by atoms with E-state index in [1.54, 1.807) is 0 Å². The van der Waals surface area contributed by atoms with Crippen molar-refractivity contribution >= 4 is 11.0 Å². The number of nitrogens with one attached hydrogen (secondary N) is 1. The standard InChI is InChI=1S/C26H27N3O/c1-18-4-2-5-21(12-18)25-15-28-26-24(25)13-22(14-27-26)20-9-7-19(8-10-20)16-29-11-3-6-23(30)17-29/h2,4-5,7-10,12-15,23,30H,3,6,11,16-17H2,1H3,(H,27,28). The number of pyridine rings is 1. The van der Waals surface area contributed by atoms with Crippen LogP contribution in [-0.4, -0.2) is 39.2 Å². The van der Waals surface area contributed by atoms with Crippen molar-refractivity contribution in [1.82, 2.24) is 14.9 Å². The van der Waals surface area contributed by atoms with E-state index in [2.05, 4.69) is 76.4 Å². The van der Waals surface area contributed by atoms with Crippen LogP contribution < -0.4 is 0 Å². The number of aryl methyl sites for hydroxylation is 1. The maximum absolute atomic E-state index is 9.89. The van der Waals surface area contributed by atoms with E-state index in [1.165, 1.54) is 27.8 Å². The minimum absolute atomic E-state index is 0.181. The highest BCUT2D eigenvalue weighted by molar-refractivity contribution is 5.95. The lowest BCUT2D eigenvalue weighted by Gasteiger charge is -2.29. The van der Waals surface area contributed by atoms with Crippen molar-refractivity contribution in [3.05, 3.63) is 78.1 Å². The van der Waals surface area contributed by atoms with Gasteiger partial charge in [-0.1, -0.05) is 54.1 Å². The number of aliphatic hydroxyl groups is 1. The van der Waals surface area contributed by atoms with Crippen molar-refractivity contribution in [3.8, 4) is 22.3 Å². The van der Waals surface area contributed by atoms with Crippen LogP contribution in [0.4, 0.5) is 0 Å². The molecule has 1 unspecified atom stereocenters. The topological polar surface area (TPSA) is 52.2 Å². The lowest BCUT2D eigenvalue weighted by atomic mass is 10.0. The molecule has 1 aliphatic rings. The van der Waals surface area contributed by atoms with Gasteiger partial charge in [-0.2, -0.15) is 0 Å². The van der Waals surface area contributed by atoms with Gasteiger partial charge in [-0.3, -0.25) is 4.90 Å². The van der Waals surface area contributed by atoms with E-state index in [0.29, 0.717) is 0 Å². The Balaban J connectivity index is 1.41. The fourth-order valence-electron chi connectivity index (χ4n) is 4.45. The normalized spacial score (nSPS) is 17.5. The summed E-state index contributed by atoms with van der Waals surface area (Å²) in [5.41, 5.74) is 8.13. The highest BCUT2D eigenvalue weighted by Crippen LogP contribution is 2.31. The summed E-state index contributed by atoms with van der Waals surface area (Å²) in [5.74, 6) is 0. The second-order valence-electron chi connectivity index (χ2n) is 8.42. The maximum Gasteiger partial charge on any atom is 0.137 e. The largest absolute Gasteiger partial charge is 0.392 e. The number of hydrogen-bond acceptors (Lipinski definition) is 3. The van der Waals surface area contributed by atoms with Crippen molar-refractivity contribution in [2.75, 3.05) is 13.1 Å². The molecule has 1 aliphatic heterocycles. The summed E-state index contributed by atoms with van der Waals surface area (Å²) in [4.78, 5) is 10.3. The zero-order valence-electron chi connectivity index (χ0n) is 17.3. The van der Waals surface area contributed by atoms with E-state index in [-0.39, 0.29) is 6.10 Å². The van der Waals surface area contributed by atoms with Gasteiger partial charge in [0.1, 0.15) is 5.65 Å². The Morgan fingerprint density at radius 3 is 2.73 bits per heavy atom. The molecule has 0 radical (unpaired) electrons. The number of likely N-dealkylation sites (tertiary alicyclic amines) is 1. The van der Waals surface area contributed by atoms with Crippen LogP contribution >= 0.6 is 0 Å². The summed E-state index contributed by atoms with van der Waals surface area (Å²) in [6.07, 6.45) is 5.81. The number of aromatic amines is 1. The molecule has 3 heterocycles. The Kier molecular flexibility index (Phi) is 5.11. The van der Waals surface area contributed by atoms with Gasteiger partial charge < -0.3 is 10.1 Å². The van der Waals surface area contributed by atoms with Gasteiger partial charge in [0.2, 0.25) is 0 Å². The number of benzene rings is 2. The average Bonchev–Trinajstić information content (AvgIpc) is 3.18. The molecule has 4 heteroatoms. The first-order valence-corrected chi connectivity index (χ1v) is 10.7. The first-order chi connectivity index (χ1) is 14.7. The Morgan fingerprint density at radius 2 is 1.93 bits per heavy atom. The summed E-state index contributed by atoms with van der Waals surface area (Å²) >= 11 is 0. The SMILES string of the molecule is Cc1cccc(-c2c[nH]c3ncc(-c4ccc(CN5CCCC(O)C5)cc4)cc23)c1. The number of fused-ring (bicyclic) bond motifs is 1. The number of rotatable bonds is 4. The zero-order chi connectivity index (χ0) is 20.5. The minimum atomic E-state index is -0.181. The van der Waals surface area contributed by atoms with Crippen molar-refractivity contribution in [2.45, 2.75) is 32.4 Å². The monoisotopic (exact) mass is 397 g/mol. The molecular weight excluding hydrogens is 370 g/mol. The van der Waals surface area contributed by atoms with Crippen LogP contribution in [0.15, 0.2) is 67.0 Å². The first-order valence-electron chi connectivity index (χ1n) is 10.7. The van der Waals surface area contributed by atoms with Gasteiger partial charge in [-0.15, -0.1) is 0 Å². The highest BCUT2D eigenvalue weighted by atomic mass is 16.3. The van der Waals surface area contributed by atoms with Gasteiger partial charge in [0.05, 0.1) is 6.10 Å². The molecule has 0 bridgehead atoms. The molecule has 2 aromatic heterocycles. The lowest BCUT2D eigenvalue weighted by molar-refractivity contribution is 0.0668. The van der Waals surface area contributed by atoms with Crippen LogP contribution in [0.1, 0.15) is 24.0 Å². The molecule has 0 aliphatic carbocycles. The second kappa shape index (κ2) is 8.05. The van der Waals surface area contributed by atoms with Crippen LogP contribution in [0, 0.1) is 6.92 Å². The number of aromatic nitrogens is 2. The van der Waals surface area contributed by atoms with Crippen LogP contribution in [0.2, 0.25) is 0 Å². The molecule has 2 aromatic carbocycles. The van der Waals surface area contributed by atoms with E-state index in [4.69, 9.17) is 0 Å². The van der Waals surface area contributed by atoms with E-state index < -0.39 is 0 Å². The predicted octanol–water partition coefficient (Wildman–Crippen LogP) is 5.16. The van der Waals surface area contributed by atoms with Gasteiger partial charge in [0.25, 0.3) is 0 Å². The highest BCUT2D eigenvalue weighted by Gasteiger charge is 2.17. The number of piperidine rings is 1. The Hall–Kier alpha value is -2.95. The summed E-state index contributed by atoms with van der Waals surface area (Å²) < 4.78 is 0. The van der Waals surface area contributed by atoms with Crippen molar-refractivity contribution in [2.24, 2.45) is 0 Å². The fourth-order valence-corrected chi connectivity index (χ4v) is 4.45. The summed E-state index contributed by atoms with van der Waals surface area (Å²) in [7, 11) is 0. The van der Waals surface area contributed by atoms with E-state index in [1.807, 2.05) is 12.4 Å². The maximum atomic E-state index is 9.89. The fraction of sp³-hybridized carbons (Fsp3) is 0.269. The quantitative estimate of drug-likeness (QED) is 0.500. The number of H-pyrrole nitrogens is 1. The predicted molar refractivity (Wildman–Crippen MR) is 122 cm³/mol. The average molecular weight is 398 g/mol. The van der Waals surface area contributed by atoms with Crippen LogP contribution in [0.25, 0.3) is 33.3 Å². The first kappa shape index (κ1) is 19.0. The summed E-state index contributed by atoms with van der Waals surface area (Å²) in [6, 6.07) is 19.5. The number of β-amino-alcohol motifs (C(OH)–C–C–N with tert-alkyl or cyclic N) is 1. The Morgan fingerprint density at radius 1 is 1.07 bits per heavy atom. The van der Waals surface area contributed by atoms with E-state index in [0.717, 1.165) is 49.1 Å². The molecule has 5 rings (SSSR count). The van der Waals surface area contributed by atoms with Crippen molar-refractivity contribution in [3.63, 3.8) is 0 Å². The molecule has 4 aromatic rings. The molecule has 30 heavy (non-hydrogen) atoms. The van der Waals surface area contributed by atoms with Crippen LogP contribution in [0.3, 0.4) is 0 Å². The molecular formula is C26H27N3O. The van der Waals surface area contributed by atoms with Gasteiger partial charge >= 0.3 is 0 Å². The van der Waals surface area contributed by atoms with Crippen molar-refractivity contribution < 1.29 is 5.11 Å². The Labute approximate surface area is 177 Å². The van der Waals surface area contributed by atoms with Gasteiger partial charge in [-0.25, -0.2) is 4.98 Å². The van der Waals surface area contributed by atoms with Crippen molar-refractivity contribution in [1.29, 1.82) is 0 Å². The smallest absolute Gasteiger partial charge is 0.137 e. The van der Waals surface area contributed by atoms with Crippen LogP contribution in [-0.2, 0) is 6.54 Å². The molecule has 0 spiro atoms. The van der Waals surface area contributed by atoms with E-state index >= 15 is 0 Å². The third kappa shape index (κ3) is 3.89. The number of aliphatic hydroxyl groups excluding tert-OH is 1. The van der Waals surface area contributed by atoms with Gasteiger partial charge in [0, 0.05) is 42.0 Å². The summed E-state index contributed by atoms with van der Waals surface area (Å²) in [6.45, 7) is 4.85. The third-order valence-electron chi connectivity index (χ3n) is 6.03. The lowest BCUT2D eigenvalue weighted by Crippen LogP contribution is -2.37. The molecule has 152 valence electrons. The van der Waals surface area contributed by atoms with E-state index in [9.17, 15) is 5.11 Å². The van der Waals surface area contributed by atoms with Gasteiger partial charge in [0.15, 0.2) is 0 Å². The molecule has 0 saturated carbocycles. The Bertz CT molecular complexity index is 1160. The molecule has 4 nitrogen and oxygen atoms in total. The third-order valence-corrected chi connectivity index (χ3v) is 6.03. The summed E-state index contributed by atoms with van der Waals surface area (Å²) in [5, 5.41) is 11.0. The molecule has 1 atom stereocenters. The van der Waals surface area contributed by atoms with Crippen LogP contribution in [0.5, 0.6) is 0 Å². The number of nitrogens with zero attached hydrogens (tertiary/aromatic N) is 2. The molecule has 2 N–H and O–H groups in total. The minimum Gasteiger partial charge on any atom is -0.392 e. The zero-order valence-corrected chi connectivity index (χ0v) is 17.3. The number of hydrogen-bond donors (Lipinski definition) is 2. The van der Waals surface area contributed by atoms with Gasteiger partial charge in [-0.05, 0) is 49.1 Å². The molecule has 1 saturated heterocycles. The second-order valence-corrected chi connectivity index (χ2v) is 8.42. The molecule has 1 fully saturated rings.